The summed E-state index contributed by atoms with van der Waals surface area (Å²) >= 11 is 11.8. The molecule has 2 amide bonds. The van der Waals surface area contributed by atoms with Gasteiger partial charge in [0, 0.05) is 15.7 Å². The van der Waals surface area contributed by atoms with E-state index in [9.17, 15) is 9.59 Å². The molecule has 0 fully saturated rings. The summed E-state index contributed by atoms with van der Waals surface area (Å²) in [6.07, 6.45) is 0. The number of fused-ring (bicyclic) bond motifs is 1. The van der Waals surface area contributed by atoms with E-state index in [4.69, 9.17) is 27.9 Å². The van der Waals surface area contributed by atoms with Crippen LogP contribution in [0.3, 0.4) is 0 Å². The van der Waals surface area contributed by atoms with Crippen molar-refractivity contribution in [2.75, 3.05) is 5.32 Å². The van der Waals surface area contributed by atoms with E-state index >= 15 is 0 Å². The lowest BCUT2D eigenvalue weighted by Gasteiger charge is -2.10. The molecule has 6 nitrogen and oxygen atoms in total. The molecular formula is C27H21Cl2N3O3. The molecule has 4 rings (SSSR count). The van der Waals surface area contributed by atoms with Gasteiger partial charge in [-0.05, 0) is 71.3 Å². The van der Waals surface area contributed by atoms with Gasteiger partial charge in [0.25, 0.3) is 0 Å². The fourth-order valence-corrected chi connectivity index (χ4v) is 3.96. The fourth-order valence-electron chi connectivity index (χ4n) is 3.44. The molecule has 8 heteroatoms. The molecule has 0 saturated carbocycles. The minimum Gasteiger partial charge on any atom is -0.489 e. The van der Waals surface area contributed by atoms with Gasteiger partial charge in [0.2, 0.25) is 0 Å². The van der Waals surface area contributed by atoms with E-state index in [0.29, 0.717) is 33.8 Å². The average Bonchev–Trinajstić information content (AvgIpc) is 2.85. The van der Waals surface area contributed by atoms with Crippen molar-refractivity contribution in [2.24, 2.45) is 5.10 Å². The number of carbonyl (C=O) groups is 2. The number of rotatable bonds is 6. The molecule has 4 aromatic rings. The second-order valence-electron chi connectivity index (χ2n) is 7.70. The molecule has 0 radical (unpaired) electrons. The Bertz CT molecular complexity index is 1390. The van der Waals surface area contributed by atoms with Gasteiger partial charge in [-0.15, -0.1) is 0 Å². The van der Waals surface area contributed by atoms with E-state index in [-0.39, 0.29) is 0 Å². The Morgan fingerprint density at radius 1 is 0.857 bits per heavy atom. The highest BCUT2D eigenvalue weighted by Gasteiger charge is 2.14. The molecule has 0 aliphatic heterocycles. The number of nitrogens with zero attached hydrogens (tertiary/aromatic N) is 1. The molecule has 35 heavy (non-hydrogen) atoms. The standard InChI is InChI=1S/C27H21Cl2N3O3/c1-17(31-32-27(34)26(33)30-23-14-21(28)13-22(29)15-23)18-9-11-24(12-10-18)35-16-20-7-4-6-19-5-2-3-8-25(19)20/h2-15H,16H2,1H3,(H,30,33)(H,32,34)/b31-17+. The number of nitrogens with one attached hydrogen (secondary N) is 2. The molecular weight excluding hydrogens is 485 g/mol. The molecule has 0 atom stereocenters. The molecule has 0 saturated heterocycles. The first kappa shape index (κ1) is 24.3. The summed E-state index contributed by atoms with van der Waals surface area (Å²) in [4.78, 5) is 24.2. The van der Waals surface area contributed by atoms with Crippen LogP contribution in [0.5, 0.6) is 5.75 Å². The van der Waals surface area contributed by atoms with Crippen molar-refractivity contribution < 1.29 is 14.3 Å². The molecule has 0 spiro atoms. The predicted octanol–water partition coefficient (Wildman–Crippen LogP) is 6.20. The van der Waals surface area contributed by atoms with E-state index in [1.165, 1.54) is 23.6 Å². The molecule has 0 heterocycles. The first-order chi connectivity index (χ1) is 16.9. The van der Waals surface area contributed by atoms with Gasteiger partial charge in [-0.1, -0.05) is 65.7 Å². The average molecular weight is 506 g/mol. The Morgan fingerprint density at radius 2 is 1.54 bits per heavy atom. The van der Waals surface area contributed by atoms with Crippen LogP contribution in [0.4, 0.5) is 5.69 Å². The van der Waals surface area contributed by atoms with Crippen molar-refractivity contribution >= 4 is 57.2 Å². The highest BCUT2D eigenvalue weighted by atomic mass is 35.5. The Kier molecular flexibility index (Phi) is 7.65. The minimum atomic E-state index is -0.921. The van der Waals surface area contributed by atoms with Crippen LogP contribution in [-0.2, 0) is 16.2 Å². The maximum Gasteiger partial charge on any atom is 0.329 e. The number of ether oxygens (including phenoxy) is 1. The molecule has 2 N–H and O–H groups in total. The van der Waals surface area contributed by atoms with Crippen LogP contribution in [0.1, 0.15) is 18.1 Å². The summed E-state index contributed by atoms with van der Waals surface area (Å²) in [5, 5.41) is 9.45. The van der Waals surface area contributed by atoms with E-state index in [0.717, 1.165) is 16.5 Å². The number of amides is 2. The van der Waals surface area contributed by atoms with E-state index < -0.39 is 11.8 Å². The third-order valence-corrected chi connectivity index (χ3v) is 5.63. The van der Waals surface area contributed by atoms with Gasteiger partial charge in [-0.3, -0.25) is 9.59 Å². The van der Waals surface area contributed by atoms with Gasteiger partial charge in [-0.25, -0.2) is 5.43 Å². The van der Waals surface area contributed by atoms with E-state index in [1.54, 1.807) is 6.92 Å². The zero-order valence-electron chi connectivity index (χ0n) is 18.7. The predicted molar refractivity (Wildman–Crippen MR) is 140 cm³/mol. The van der Waals surface area contributed by atoms with Crippen molar-refractivity contribution in [3.63, 3.8) is 0 Å². The fraction of sp³-hybridized carbons (Fsp3) is 0.0741. The summed E-state index contributed by atoms with van der Waals surface area (Å²) in [5.74, 6) is -1.11. The topological polar surface area (TPSA) is 79.8 Å². The van der Waals surface area contributed by atoms with Gasteiger partial charge in [0.05, 0.1) is 5.71 Å². The summed E-state index contributed by atoms with van der Waals surface area (Å²) in [7, 11) is 0. The van der Waals surface area contributed by atoms with E-state index in [2.05, 4.69) is 34.0 Å². The van der Waals surface area contributed by atoms with Crippen molar-refractivity contribution in [1.82, 2.24) is 5.43 Å². The van der Waals surface area contributed by atoms with Crippen molar-refractivity contribution in [3.8, 4) is 5.75 Å². The Labute approximate surface area is 212 Å². The van der Waals surface area contributed by atoms with Crippen LogP contribution >= 0.6 is 23.2 Å². The monoisotopic (exact) mass is 505 g/mol. The summed E-state index contributed by atoms with van der Waals surface area (Å²) in [6, 6.07) is 26.1. The second kappa shape index (κ2) is 11.0. The zero-order valence-corrected chi connectivity index (χ0v) is 20.2. The summed E-state index contributed by atoms with van der Waals surface area (Å²) in [6.45, 7) is 2.16. The Morgan fingerprint density at radius 3 is 2.29 bits per heavy atom. The van der Waals surface area contributed by atoms with Crippen LogP contribution in [0, 0.1) is 0 Å². The molecule has 4 aromatic carbocycles. The maximum atomic E-state index is 12.1. The van der Waals surface area contributed by atoms with E-state index in [1.807, 2.05) is 48.5 Å². The highest BCUT2D eigenvalue weighted by Crippen LogP contribution is 2.23. The minimum absolute atomic E-state index is 0.308. The van der Waals surface area contributed by atoms with Gasteiger partial charge >= 0.3 is 11.8 Å². The van der Waals surface area contributed by atoms with Gasteiger partial charge in [0.1, 0.15) is 12.4 Å². The maximum absolute atomic E-state index is 12.1. The number of anilines is 1. The highest BCUT2D eigenvalue weighted by molar-refractivity contribution is 6.40. The lowest BCUT2D eigenvalue weighted by molar-refractivity contribution is -0.136. The number of halogens is 2. The van der Waals surface area contributed by atoms with Gasteiger partial charge < -0.3 is 10.1 Å². The van der Waals surface area contributed by atoms with Crippen LogP contribution in [0.15, 0.2) is 90.0 Å². The van der Waals surface area contributed by atoms with Crippen molar-refractivity contribution in [3.05, 3.63) is 106 Å². The smallest absolute Gasteiger partial charge is 0.329 e. The van der Waals surface area contributed by atoms with Gasteiger partial charge in [-0.2, -0.15) is 5.10 Å². The molecule has 0 unspecified atom stereocenters. The number of hydrazone groups is 1. The molecule has 0 aliphatic carbocycles. The van der Waals surface area contributed by atoms with Crippen LogP contribution in [0.25, 0.3) is 10.8 Å². The third-order valence-electron chi connectivity index (χ3n) is 5.20. The Balaban J connectivity index is 1.33. The number of hydrogen-bond donors (Lipinski definition) is 2. The zero-order chi connectivity index (χ0) is 24.8. The summed E-state index contributed by atoms with van der Waals surface area (Å²) < 4.78 is 5.96. The molecule has 0 bridgehead atoms. The normalized spacial score (nSPS) is 11.2. The largest absolute Gasteiger partial charge is 0.489 e. The summed E-state index contributed by atoms with van der Waals surface area (Å²) in [5.41, 5.74) is 4.95. The SMILES string of the molecule is C/C(=N\NC(=O)C(=O)Nc1cc(Cl)cc(Cl)c1)c1ccc(OCc2cccc3ccccc23)cc1. The quantitative estimate of drug-likeness (QED) is 0.186. The van der Waals surface area contributed by atoms with Gasteiger partial charge in [0.15, 0.2) is 0 Å². The lowest BCUT2D eigenvalue weighted by atomic mass is 10.1. The van der Waals surface area contributed by atoms with Crippen LogP contribution in [0.2, 0.25) is 10.0 Å². The number of carbonyl (C=O) groups excluding carboxylic acids is 2. The molecule has 176 valence electrons. The van der Waals surface area contributed by atoms with Crippen LogP contribution in [-0.4, -0.2) is 17.5 Å². The lowest BCUT2D eigenvalue weighted by Crippen LogP contribution is -2.32. The third kappa shape index (κ3) is 6.38. The second-order valence-corrected chi connectivity index (χ2v) is 8.57. The first-order valence-electron chi connectivity index (χ1n) is 10.7. The van der Waals surface area contributed by atoms with Crippen LogP contribution < -0.4 is 15.5 Å². The molecule has 0 aliphatic rings. The van der Waals surface area contributed by atoms with Crippen molar-refractivity contribution in [2.45, 2.75) is 13.5 Å². The van der Waals surface area contributed by atoms with Crippen molar-refractivity contribution in [1.29, 1.82) is 0 Å². The molecule has 0 aromatic heterocycles. The number of benzene rings is 4. The Hall–Kier alpha value is -3.87. The number of hydrogen-bond acceptors (Lipinski definition) is 4. The first-order valence-corrected chi connectivity index (χ1v) is 11.5.